The number of carbonyl (C=O) groups is 2. The summed E-state index contributed by atoms with van der Waals surface area (Å²) in [5, 5.41) is 6.16. The van der Waals surface area contributed by atoms with E-state index in [2.05, 4.69) is 17.6 Å². The normalized spacial score (nSPS) is 10.8. The van der Waals surface area contributed by atoms with E-state index >= 15 is 0 Å². The van der Waals surface area contributed by atoms with Crippen LogP contribution < -0.4 is 15.5 Å². The number of unbranched alkanes of at least 4 members (excludes halogenated alkanes) is 13. The van der Waals surface area contributed by atoms with Crippen LogP contribution >= 0.6 is 0 Å². The number of carbonyl (C=O) groups excluding carboxylic acids is 2. The minimum absolute atomic E-state index is 0.0177. The van der Waals surface area contributed by atoms with E-state index in [1.165, 1.54) is 83.5 Å². The Morgan fingerprint density at radius 1 is 0.684 bits per heavy atom. The molecule has 2 aromatic rings. The van der Waals surface area contributed by atoms with Crippen LogP contribution in [0.2, 0.25) is 0 Å². The topological polar surface area (TPSA) is 61.4 Å². The third kappa shape index (κ3) is 13.1. The fourth-order valence-corrected chi connectivity index (χ4v) is 4.76. The molecular formula is C33H51N3O2. The summed E-state index contributed by atoms with van der Waals surface area (Å²) in [6, 6.07) is 17.0. The van der Waals surface area contributed by atoms with Gasteiger partial charge >= 0.3 is 0 Å². The van der Waals surface area contributed by atoms with Gasteiger partial charge in [0.05, 0.1) is 6.54 Å². The lowest BCUT2D eigenvalue weighted by Crippen LogP contribution is -2.31. The number of nitrogens with zero attached hydrogens (tertiary/aromatic N) is 1. The van der Waals surface area contributed by atoms with Crippen LogP contribution in [0.4, 0.5) is 11.4 Å². The Morgan fingerprint density at radius 2 is 1.26 bits per heavy atom. The van der Waals surface area contributed by atoms with E-state index in [1.807, 2.05) is 61.5 Å². The van der Waals surface area contributed by atoms with Gasteiger partial charge in [-0.05, 0) is 43.7 Å². The standard InChI is InChI=1S/C33H51N3O2/c1-3-5-6-7-8-9-10-11-12-13-14-15-16-20-26-34-32(37)28-35-30-23-21-22-29(27-30)33(38)36(4-2)31-24-18-17-19-25-31/h17-19,21-25,27,35H,3-16,20,26,28H2,1-2H3,(H,34,37). The van der Waals surface area contributed by atoms with Crippen LogP contribution in [0.5, 0.6) is 0 Å². The van der Waals surface area contributed by atoms with Crippen LogP contribution in [0.15, 0.2) is 54.6 Å². The number of anilines is 2. The highest BCUT2D eigenvalue weighted by molar-refractivity contribution is 6.06. The van der Waals surface area contributed by atoms with Gasteiger partial charge in [0, 0.05) is 30.0 Å². The maximum absolute atomic E-state index is 13.1. The number of hydrogen-bond acceptors (Lipinski definition) is 3. The van der Waals surface area contributed by atoms with E-state index < -0.39 is 0 Å². The molecule has 2 amide bonds. The predicted octanol–water partition coefficient (Wildman–Crippen LogP) is 8.36. The van der Waals surface area contributed by atoms with Crippen LogP contribution in [-0.4, -0.2) is 31.4 Å². The molecule has 0 aromatic heterocycles. The fraction of sp³-hybridized carbons (Fsp3) is 0.576. The van der Waals surface area contributed by atoms with Crippen molar-refractivity contribution in [2.45, 2.75) is 104 Å². The molecule has 0 atom stereocenters. The van der Waals surface area contributed by atoms with Crippen molar-refractivity contribution in [3.8, 4) is 0 Å². The first-order chi connectivity index (χ1) is 18.7. The zero-order chi connectivity index (χ0) is 27.3. The molecule has 2 N–H and O–H groups in total. The lowest BCUT2D eigenvalue weighted by Gasteiger charge is -2.21. The Bertz CT molecular complexity index is 900. The molecule has 0 saturated carbocycles. The smallest absolute Gasteiger partial charge is 0.258 e. The van der Waals surface area contributed by atoms with Gasteiger partial charge in [0.25, 0.3) is 5.91 Å². The average Bonchev–Trinajstić information content (AvgIpc) is 2.95. The maximum Gasteiger partial charge on any atom is 0.258 e. The fourth-order valence-electron chi connectivity index (χ4n) is 4.76. The number of para-hydroxylation sites is 1. The van der Waals surface area contributed by atoms with Crippen molar-refractivity contribution >= 4 is 23.2 Å². The maximum atomic E-state index is 13.1. The van der Waals surface area contributed by atoms with Crippen LogP contribution in [0, 0.1) is 0 Å². The highest BCUT2D eigenvalue weighted by atomic mass is 16.2. The molecule has 0 bridgehead atoms. The van der Waals surface area contributed by atoms with Gasteiger partial charge < -0.3 is 15.5 Å². The summed E-state index contributed by atoms with van der Waals surface area (Å²) in [6.07, 6.45) is 18.6. The second kappa shape index (κ2) is 20.2. The molecule has 5 nitrogen and oxygen atoms in total. The molecule has 210 valence electrons. The molecule has 0 heterocycles. The first kappa shape index (κ1) is 31.4. The predicted molar refractivity (Wildman–Crippen MR) is 162 cm³/mol. The van der Waals surface area contributed by atoms with Gasteiger partial charge in [-0.2, -0.15) is 0 Å². The number of nitrogens with one attached hydrogen (secondary N) is 2. The van der Waals surface area contributed by atoms with Crippen molar-refractivity contribution in [2.24, 2.45) is 0 Å². The summed E-state index contributed by atoms with van der Waals surface area (Å²) in [4.78, 5) is 27.1. The van der Waals surface area contributed by atoms with E-state index in [4.69, 9.17) is 0 Å². The largest absolute Gasteiger partial charge is 0.376 e. The summed E-state index contributed by atoms with van der Waals surface area (Å²) < 4.78 is 0. The number of rotatable bonds is 21. The van der Waals surface area contributed by atoms with E-state index in [0.29, 0.717) is 12.1 Å². The van der Waals surface area contributed by atoms with E-state index in [0.717, 1.165) is 24.3 Å². The van der Waals surface area contributed by atoms with Crippen molar-refractivity contribution in [3.05, 3.63) is 60.2 Å². The minimum Gasteiger partial charge on any atom is -0.376 e. The van der Waals surface area contributed by atoms with Crippen LogP contribution in [0.25, 0.3) is 0 Å². The van der Waals surface area contributed by atoms with Crippen molar-refractivity contribution in [1.29, 1.82) is 0 Å². The molecule has 0 radical (unpaired) electrons. The number of benzene rings is 2. The Hall–Kier alpha value is -2.82. The Kier molecular flexibility index (Phi) is 16.7. The highest BCUT2D eigenvalue weighted by Crippen LogP contribution is 2.19. The molecule has 2 rings (SSSR count). The van der Waals surface area contributed by atoms with Gasteiger partial charge in [0.1, 0.15) is 0 Å². The molecule has 38 heavy (non-hydrogen) atoms. The highest BCUT2D eigenvalue weighted by Gasteiger charge is 2.16. The second-order valence-electron chi connectivity index (χ2n) is 10.3. The molecular weight excluding hydrogens is 470 g/mol. The first-order valence-electron chi connectivity index (χ1n) is 15.1. The van der Waals surface area contributed by atoms with E-state index in [-0.39, 0.29) is 18.4 Å². The molecule has 0 aliphatic rings. The van der Waals surface area contributed by atoms with Crippen molar-refractivity contribution in [1.82, 2.24) is 5.32 Å². The number of amides is 2. The molecule has 0 aliphatic carbocycles. The number of hydrogen-bond donors (Lipinski definition) is 2. The van der Waals surface area contributed by atoms with Gasteiger partial charge in [-0.15, -0.1) is 0 Å². The summed E-state index contributed by atoms with van der Waals surface area (Å²) in [5.41, 5.74) is 2.25. The van der Waals surface area contributed by atoms with Crippen LogP contribution in [0.3, 0.4) is 0 Å². The van der Waals surface area contributed by atoms with Gasteiger partial charge in [-0.25, -0.2) is 0 Å². The summed E-state index contributed by atoms with van der Waals surface area (Å²) in [6.45, 7) is 5.75. The zero-order valence-electron chi connectivity index (χ0n) is 24.0. The zero-order valence-corrected chi connectivity index (χ0v) is 24.0. The monoisotopic (exact) mass is 521 g/mol. The van der Waals surface area contributed by atoms with E-state index in [1.54, 1.807) is 4.90 Å². The Morgan fingerprint density at radius 3 is 1.84 bits per heavy atom. The van der Waals surface area contributed by atoms with Crippen LogP contribution in [-0.2, 0) is 4.79 Å². The van der Waals surface area contributed by atoms with Gasteiger partial charge in [-0.1, -0.05) is 115 Å². The van der Waals surface area contributed by atoms with Crippen LogP contribution in [0.1, 0.15) is 114 Å². The van der Waals surface area contributed by atoms with Gasteiger partial charge in [0.15, 0.2) is 0 Å². The van der Waals surface area contributed by atoms with Crippen molar-refractivity contribution < 1.29 is 9.59 Å². The molecule has 0 unspecified atom stereocenters. The average molecular weight is 522 g/mol. The summed E-state index contributed by atoms with van der Waals surface area (Å²) >= 11 is 0. The SMILES string of the molecule is CCCCCCCCCCCCCCCCNC(=O)CNc1cccc(C(=O)N(CC)c2ccccc2)c1. The lowest BCUT2D eigenvalue weighted by atomic mass is 10.0. The first-order valence-corrected chi connectivity index (χ1v) is 15.1. The molecule has 5 heteroatoms. The van der Waals surface area contributed by atoms with Crippen molar-refractivity contribution in [3.63, 3.8) is 0 Å². The quantitative estimate of drug-likeness (QED) is 0.162. The molecule has 0 fully saturated rings. The third-order valence-electron chi connectivity index (χ3n) is 7.04. The summed E-state index contributed by atoms with van der Waals surface area (Å²) in [5.74, 6) is -0.0690. The van der Waals surface area contributed by atoms with Gasteiger partial charge in [0.2, 0.25) is 5.91 Å². The molecule has 0 aliphatic heterocycles. The molecule has 2 aromatic carbocycles. The lowest BCUT2D eigenvalue weighted by molar-refractivity contribution is -0.119. The summed E-state index contributed by atoms with van der Waals surface area (Å²) in [7, 11) is 0. The molecule has 0 spiro atoms. The van der Waals surface area contributed by atoms with Crippen molar-refractivity contribution in [2.75, 3.05) is 29.9 Å². The molecule has 0 saturated heterocycles. The van der Waals surface area contributed by atoms with E-state index in [9.17, 15) is 9.59 Å². The second-order valence-corrected chi connectivity index (χ2v) is 10.3. The Labute approximate surface area is 231 Å². The van der Waals surface area contributed by atoms with Gasteiger partial charge in [-0.3, -0.25) is 9.59 Å². The Balaban J connectivity index is 1.53. The minimum atomic E-state index is -0.0513. The third-order valence-corrected chi connectivity index (χ3v) is 7.04.